The molecule has 0 unspecified atom stereocenters. The van der Waals surface area contributed by atoms with Gasteiger partial charge in [-0.2, -0.15) is 0 Å². The van der Waals surface area contributed by atoms with Crippen molar-refractivity contribution in [2.24, 2.45) is 0 Å². The number of hydrogen-bond acceptors (Lipinski definition) is 5. The molecule has 0 saturated carbocycles. The van der Waals surface area contributed by atoms with E-state index in [9.17, 15) is 4.79 Å². The fourth-order valence-electron chi connectivity index (χ4n) is 1.28. The highest BCUT2D eigenvalue weighted by Gasteiger charge is 2.12. The maximum atomic E-state index is 11.9. The average molecular weight is 278 g/mol. The van der Waals surface area contributed by atoms with Crippen molar-refractivity contribution in [1.29, 1.82) is 0 Å². The SMILES string of the molecule is Cc1cc(C(=O)Nc2nccs2)sc1C#CCO. The molecular formula is C12H10N2O2S2. The van der Waals surface area contributed by atoms with E-state index in [1.807, 2.05) is 6.92 Å². The van der Waals surface area contributed by atoms with E-state index in [0.717, 1.165) is 10.4 Å². The van der Waals surface area contributed by atoms with Crippen LogP contribution in [0.2, 0.25) is 0 Å². The Morgan fingerprint density at radius 2 is 2.44 bits per heavy atom. The molecule has 2 heterocycles. The molecule has 2 aromatic heterocycles. The Labute approximate surface area is 112 Å². The van der Waals surface area contributed by atoms with Gasteiger partial charge in [-0.15, -0.1) is 22.7 Å². The summed E-state index contributed by atoms with van der Waals surface area (Å²) in [5.41, 5.74) is 0.935. The summed E-state index contributed by atoms with van der Waals surface area (Å²) in [6.45, 7) is 1.70. The minimum atomic E-state index is -0.185. The van der Waals surface area contributed by atoms with Crippen LogP contribution in [-0.2, 0) is 0 Å². The molecule has 2 N–H and O–H groups in total. The monoisotopic (exact) mass is 278 g/mol. The van der Waals surface area contributed by atoms with E-state index in [0.29, 0.717) is 10.0 Å². The first kappa shape index (κ1) is 12.8. The van der Waals surface area contributed by atoms with Crippen LogP contribution in [0.5, 0.6) is 0 Å². The number of nitrogens with one attached hydrogen (secondary N) is 1. The van der Waals surface area contributed by atoms with Crippen molar-refractivity contribution in [3.8, 4) is 11.8 Å². The van der Waals surface area contributed by atoms with Crippen molar-refractivity contribution in [2.45, 2.75) is 6.92 Å². The van der Waals surface area contributed by atoms with Gasteiger partial charge in [-0.1, -0.05) is 11.8 Å². The highest BCUT2D eigenvalue weighted by atomic mass is 32.1. The Bertz CT molecular complexity index is 606. The number of aromatic nitrogens is 1. The van der Waals surface area contributed by atoms with Crippen LogP contribution in [0.3, 0.4) is 0 Å². The lowest BCUT2D eigenvalue weighted by Gasteiger charge is -1.96. The van der Waals surface area contributed by atoms with Crippen LogP contribution >= 0.6 is 22.7 Å². The molecule has 0 radical (unpaired) electrons. The number of aliphatic hydroxyl groups excluding tert-OH is 1. The second kappa shape index (κ2) is 5.78. The Morgan fingerprint density at radius 3 is 3.11 bits per heavy atom. The maximum Gasteiger partial charge on any atom is 0.267 e. The molecule has 0 bridgehead atoms. The van der Waals surface area contributed by atoms with Gasteiger partial charge >= 0.3 is 0 Å². The first-order chi connectivity index (χ1) is 8.70. The maximum absolute atomic E-state index is 11.9. The number of aryl methyl sites for hydroxylation is 1. The Hall–Kier alpha value is -1.68. The van der Waals surface area contributed by atoms with E-state index in [1.165, 1.54) is 22.7 Å². The molecule has 4 nitrogen and oxygen atoms in total. The zero-order valence-corrected chi connectivity index (χ0v) is 11.2. The van der Waals surface area contributed by atoms with Gasteiger partial charge in [0, 0.05) is 11.6 Å². The number of rotatable bonds is 2. The first-order valence-corrected chi connectivity index (χ1v) is 6.81. The van der Waals surface area contributed by atoms with E-state index in [2.05, 4.69) is 22.1 Å². The van der Waals surface area contributed by atoms with E-state index >= 15 is 0 Å². The summed E-state index contributed by atoms with van der Waals surface area (Å²) < 4.78 is 0. The molecule has 0 spiro atoms. The normalized spacial score (nSPS) is 9.67. The van der Waals surface area contributed by atoms with Crippen LogP contribution in [0, 0.1) is 18.8 Å². The van der Waals surface area contributed by atoms with Gasteiger partial charge in [0.25, 0.3) is 5.91 Å². The highest BCUT2D eigenvalue weighted by Crippen LogP contribution is 2.22. The number of aliphatic hydroxyl groups is 1. The standard InChI is InChI=1S/C12H10N2O2S2/c1-8-7-10(18-9(8)3-2-5-15)11(16)14-12-13-4-6-17-12/h4,6-7,15H,5H2,1H3,(H,13,14,16). The van der Waals surface area contributed by atoms with Gasteiger partial charge in [-0.05, 0) is 18.6 Å². The molecule has 6 heteroatoms. The van der Waals surface area contributed by atoms with Gasteiger partial charge < -0.3 is 5.11 Å². The summed E-state index contributed by atoms with van der Waals surface area (Å²) in [7, 11) is 0. The summed E-state index contributed by atoms with van der Waals surface area (Å²) >= 11 is 2.68. The van der Waals surface area contributed by atoms with Crippen molar-refractivity contribution < 1.29 is 9.90 Å². The molecule has 0 aliphatic carbocycles. The molecule has 0 aliphatic rings. The van der Waals surface area contributed by atoms with E-state index in [-0.39, 0.29) is 12.5 Å². The number of amides is 1. The minimum Gasteiger partial charge on any atom is -0.384 e. The van der Waals surface area contributed by atoms with Gasteiger partial charge in [0.2, 0.25) is 0 Å². The van der Waals surface area contributed by atoms with Gasteiger partial charge in [-0.3, -0.25) is 10.1 Å². The summed E-state index contributed by atoms with van der Waals surface area (Å²) in [5.74, 6) is 5.21. The highest BCUT2D eigenvalue weighted by molar-refractivity contribution is 7.15. The molecule has 2 aromatic rings. The number of hydrogen-bond donors (Lipinski definition) is 2. The van der Waals surface area contributed by atoms with Crippen molar-refractivity contribution >= 4 is 33.7 Å². The second-order valence-electron chi connectivity index (χ2n) is 3.37. The van der Waals surface area contributed by atoms with Crippen LogP contribution in [0.1, 0.15) is 20.1 Å². The van der Waals surface area contributed by atoms with Crippen molar-refractivity contribution in [1.82, 2.24) is 4.98 Å². The number of carbonyl (C=O) groups excluding carboxylic acids is 1. The predicted octanol–water partition coefficient (Wildman–Crippen LogP) is 2.11. The van der Waals surface area contributed by atoms with Gasteiger partial charge in [0.05, 0.1) is 9.75 Å². The number of thiophene rings is 1. The quantitative estimate of drug-likeness (QED) is 0.827. The third-order valence-corrected chi connectivity index (χ3v) is 3.92. The van der Waals surface area contributed by atoms with Gasteiger partial charge in [0.15, 0.2) is 5.13 Å². The molecule has 18 heavy (non-hydrogen) atoms. The third kappa shape index (κ3) is 2.96. The van der Waals surface area contributed by atoms with Crippen LogP contribution in [0.15, 0.2) is 17.6 Å². The zero-order valence-electron chi connectivity index (χ0n) is 9.56. The lowest BCUT2D eigenvalue weighted by atomic mass is 10.2. The molecule has 0 saturated heterocycles. The van der Waals surface area contributed by atoms with Gasteiger partial charge in [0.1, 0.15) is 6.61 Å². The zero-order chi connectivity index (χ0) is 13.0. The molecule has 0 aromatic carbocycles. The van der Waals surface area contributed by atoms with Crippen molar-refractivity contribution in [2.75, 3.05) is 11.9 Å². The van der Waals surface area contributed by atoms with E-state index < -0.39 is 0 Å². The van der Waals surface area contributed by atoms with Crippen molar-refractivity contribution in [3.63, 3.8) is 0 Å². The van der Waals surface area contributed by atoms with Gasteiger partial charge in [-0.25, -0.2) is 4.98 Å². The lowest BCUT2D eigenvalue weighted by molar-refractivity contribution is 0.103. The van der Waals surface area contributed by atoms with Crippen LogP contribution in [0.25, 0.3) is 0 Å². The molecule has 0 fully saturated rings. The van der Waals surface area contributed by atoms with Crippen LogP contribution < -0.4 is 5.32 Å². The Kier molecular flexibility index (Phi) is 4.10. The molecule has 0 aliphatic heterocycles. The number of thiazole rings is 1. The minimum absolute atomic E-state index is 0.183. The van der Waals surface area contributed by atoms with E-state index in [1.54, 1.807) is 17.6 Å². The van der Waals surface area contributed by atoms with Crippen LogP contribution in [0.4, 0.5) is 5.13 Å². The third-order valence-electron chi connectivity index (χ3n) is 2.08. The topological polar surface area (TPSA) is 62.2 Å². The largest absolute Gasteiger partial charge is 0.384 e. The molecule has 1 amide bonds. The average Bonchev–Trinajstić information content (AvgIpc) is 2.96. The lowest BCUT2D eigenvalue weighted by Crippen LogP contribution is -2.09. The fraction of sp³-hybridized carbons (Fsp3) is 0.167. The van der Waals surface area contributed by atoms with Crippen LogP contribution in [-0.4, -0.2) is 22.6 Å². The second-order valence-corrected chi connectivity index (χ2v) is 5.32. The smallest absolute Gasteiger partial charge is 0.267 e. The summed E-state index contributed by atoms with van der Waals surface area (Å²) in [4.78, 5) is 17.3. The number of anilines is 1. The molecule has 0 atom stereocenters. The summed E-state index contributed by atoms with van der Waals surface area (Å²) in [6, 6.07) is 1.79. The summed E-state index contributed by atoms with van der Waals surface area (Å²) in [5, 5.41) is 13.7. The molecule has 92 valence electrons. The van der Waals surface area contributed by atoms with Crippen molar-refractivity contribution in [3.05, 3.63) is 33.0 Å². The fourth-order valence-corrected chi connectivity index (χ4v) is 2.75. The summed E-state index contributed by atoms with van der Waals surface area (Å²) in [6.07, 6.45) is 1.64. The Balaban J connectivity index is 2.16. The number of carbonyl (C=O) groups is 1. The molecular weight excluding hydrogens is 268 g/mol. The number of nitrogens with zero attached hydrogens (tertiary/aromatic N) is 1. The van der Waals surface area contributed by atoms with E-state index in [4.69, 9.17) is 5.11 Å². The first-order valence-electron chi connectivity index (χ1n) is 5.11. The molecule has 2 rings (SSSR count). The predicted molar refractivity (Wildman–Crippen MR) is 73.1 cm³/mol. The Morgan fingerprint density at radius 1 is 1.61 bits per heavy atom.